The minimum Gasteiger partial charge on any atom is -0.337 e. The van der Waals surface area contributed by atoms with Crippen LogP contribution in [0, 0.1) is 15.9 Å². The molecular formula is C15H12ClFN2O3. The van der Waals surface area contributed by atoms with Crippen LogP contribution in [0.5, 0.6) is 0 Å². The summed E-state index contributed by atoms with van der Waals surface area (Å²) in [5.74, 6) is -1.29. The first kappa shape index (κ1) is 15.9. The van der Waals surface area contributed by atoms with Gasteiger partial charge in [-0.1, -0.05) is 29.8 Å². The fraction of sp³-hybridized carbons (Fsp3) is 0.133. The summed E-state index contributed by atoms with van der Waals surface area (Å²) in [6.45, 7) is -0.0120. The summed E-state index contributed by atoms with van der Waals surface area (Å²) in [7, 11) is 1.44. The molecule has 7 heteroatoms. The van der Waals surface area contributed by atoms with Crippen molar-refractivity contribution in [1.82, 2.24) is 4.90 Å². The fourth-order valence-corrected chi connectivity index (χ4v) is 2.19. The minimum absolute atomic E-state index is 0.0120. The van der Waals surface area contributed by atoms with Crippen LogP contribution in [-0.4, -0.2) is 22.8 Å². The Hall–Kier alpha value is -2.47. The predicted octanol–water partition coefficient (Wildman–Crippen LogP) is 3.66. The third-order valence-corrected chi connectivity index (χ3v) is 3.34. The quantitative estimate of drug-likeness (QED) is 0.637. The van der Waals surface area contributed by atoms with Crippen molar-refractivity contribution in [3.63, 3.8) is 0 Å². The molecule has 0 aliphatic heterocycles. The van der Waals surface area contributed by atoms with Crippen molar-refractivity contribution < 1.29 is 14.1 Å². The number of amides is 1. The van der Waals surface area contributed by atoms with E-state index in [2.05, 4.69) is 0 Å². The molecule has 22 heavy (non-hydrogen) atoms. The number of rotatable bonds is 4. The molecule has 0 spiro atoms. The lowest BCUT2D eigenvalue weighted by atomic mass is 10.1. The number of hydrogen-bond acceptors (Lipinski definition) is 3. The number of nitro benzene ring substituents is 1. The zero-order chi connectivity index (χ0) is 16.3. The molecule has 0 fully saturated rings. The van der Waals surface area contributed by atoms with Crippen LogP contribution in [0.25, 0.3) is 0 Å². The maximum atomic E-state index is 13.7. The molecule has 0 radical (unpaired) electrons. The van der Waals surface area contributed by atoms with Crippen molar-refractivity contribution in [3.05, 3.63) is 74.5 Å². The molecule has 0 bridgehead atoms. The SMILES string of the molecule is CN(Cc1ccccc1[N+](=O)[O-])C(=O)c1cc(Cl)ccc1F. The van der Waals surface area contributed by atoms with Gasteiger partial charge in [0.1, 0.15) is 5.82 Å². The van der Waals surface area contributed by atoms with Crippen LogP contribution in [0.1, 0.15) is 15.9 Å². The number of halogens is 2. The average Bonchev–Trinajstić information content (AvgIpc) is 2.49. The molecule has 0 N–H and O–H groups in total. The molecule has 0 atom stereocenters. The minimum atomic E-state index is -0.691. The van der Waals surface area contributed by atoms with E-state index in [9.17, 15) is 19.3 Å². The molecule has 0 unspecified atom stereocenters. The Morgan fingerprint density at radius 2 is 2.00 bits per heavy atom. The summed E-state index contributed by atoms with van der Waals surface area (Å²) in [6, 6.07) is 9.77. The summed E-state index contributed by atoms with van der Waals surface area (Å²) >= 11 is 5.77. The summed E-state index contributed by atoms with van der Waals surface area (Å²) in [5.41, 5.74) is 0.105. The second kappa shape index (κ2) is 6.53. The van der Waals surface area contributed by atoms with E-state index in [0.717, 1.165) is 6.07 Å². The second-order valence-corrected chi connectivity index (χ2v) is 5.11. The Balaban J connectivity index is 2.26. The molecule has 2 aromatic rings. The molecule has 1 amide bonds. The van der Waals surface area contributed by atoms with Gasteiger partial charge < -0.3 is 4.90 Å². The first-order valence-corrected chi connectivity index (χ1v) is 6.70. The number of carbonyl (C=O) groups excluding carboxylic acids is 1. The Morgan fingerprint density at radius 3 is 2.68 bits per heavy atom. The van der Waals surface area contributed by atoms with Crippen LogP contribution in [-0.2, 0) is 6.54 Å². The molecular weight excluding hydrogens is 311 g/mol. The maximum absolute atomic E-state index is 13.7. The summed E-state index contributed by atoms with van der Waals surface area (Å²) in [4.78, 5) is 23.9. The van der Waals surface area contributed by atoms with Gasteiger partial charge in [0.15, 0.2) is 0 Å². The van der Waals surface area contributed by atoms with Gasteiger partial charge in [-0.25, -0.2) is 4.39 Å². The lowest BCUT2D eigenvalue weighted by molar-refractivity contribution is -0.385. The van der Waals surface area contributed by atoms with Crippen LogP contribution in [0.4, 0.5) is 10.1 Å². The number of nitrogens with zero attached hydrogens (tertiary/aromatic N) is 2. The van der Waals surface area contributed by atoms with Crippen molar-refractivity contribution in [2.75, 3.05) is 7.05 Å². The smallest absolute Gasteiger partial charge is 0.274 e. The van der Waals surface area contributed by atoms with Gasteiger partial charge in [0.05, 0.1) is 17.0 Å². The lowest BCUT2D eigenvalue weighted by Gasteiger charge is -2.17. The molecule has 0 saturated carbocycles. The van der Waals surface area contributed by atoms with Gasteiger partial charge in [0.25, 0.3) is 11.6 Å². The fourth-order valence-electron chi connectivity index (χ4n) is 2.02. The summed E-state index contributed by atoms with van der Waals surface area (Å²) in [5, 5.41) is 11.2. The number of carbonyl (C=O) groups is 1. The molecule has 0 aliphatic carbocycles. The van der Waals surface area contributed by atoms with Gasteiger partial charge >= 0.3 is 0 Å². The first-order valence-electron chi connectivity index (χ1n) is 6.33. The molecule has 5 nitrogen and oxygen atoms in total. The van der Waals surface area contributed by atoms with Gasteiger partial charge in [0, 0.05) is 23.7 Å². The van der Waals surface area contributed by atoms with E-state index < -0.39 is 16.6 Å². The lowest BCUT2D eigenvalue weighted by Crippen LogP contribution is -2.27. The van der Waals surface area contributed by atoms with Gasteiger partial charge in [0.2, 0.25) is 0 Å². The van der Waals surface area contributed by atoms with E-state index >= 15 is 0 Å². The largest absolute Gasteiger partial charge is 0.337 e. The van der Waals surface area contributed by atoms with Gasteiger partial charge in [-0.05, 0) is 18.2 Å². The number of nitro groups is 1. The van der Waals surface area contributed by atoms with Crippen molar-refractivity contribution in [2.24, 2.45) is 0 Å². The standard InChI is InChI=1S/C15H12ClFN2O3/c1-18(9-10-4-2-3-5-14(10)19(21)22)15(20)12-8-11(16)6-7-13(12)17/h2-8H,9H2,1H3. The van der Waals surface area contributed by atoms with Gasteiger partial charge in [-0.15, -0.1) is 0 Å². The monoisotopic (exact) mass is 322 g/mol. The first-order chi connectivity index (χ1) is 10.4. The second-order valence-electron chi connectivity index (χ2n) is 4.67. The highest BCUT2D eigenvalue weighted by Crippen LogP contribution is 2.21. The number of benzene rings is 2. The van der Waals surface area contributed by atoms with Crippen LogP contribution in [0.2, 0.25) is 5.02 Å². The van der Waals surface area contributed by atoms with Gasteiger partial charge in [-0.3, -0.25) is 14.9 Å². The van der Waals surface area contributed by atoms with E-state index in [1.165, 1.54) is 30.1 Å². The van der Waals surface area contributed by atoms with Crippen molar-refractivity contribution in [2.45, 2.75) is 6.54 Å². The topological polar surface area (TPSA) is 63.4 Å². The van der Waals surface area contributed by atoms with Crippen LogP contribution < -0.4 is 0 Å². The molecule has 2 rings (SSSR count). The van der Waals surface area contributed by atoms with Crippen molar-refractivity contribution in [1.29, 1.82) is 0 Å². The molecule has 0 aliphatic rings. The highest BCUT2D eigenvalue weighted by molar-refractivity contribution is 6.30. The Bertz CT molecular complexity index is 736. The highest BCUT2D eigenvalue weighted by atomic mass is 35.5. The molecule has 114 valence electrons. The molecule has 0 saturated heterocycles. The highest BCUT2D eigenvalue weighted by Gasteiger charge is 2.20. The average molecular weight is 323 g/mol. The maximum Gasteiger partial charge on any atom is 0.274 e. The van der Waals surface area contributed by atoms with Crippen LogP contribution >= 0.6 is 11.6 Å². The zero-order valence-electron chi connectivity index (χ0n) is 11.6. The molecule has 0 heterocycles. The zero-order valence-corrected chi connectivity index (χ0v) is 12.4. The van der Waals surface area contributed by atoms with E-state index in [1.54, 1.807) is 18.2 Å². The summed E-state index contributed by atoms with van der Waals surface area (Å²) < 4.78 is 13.7. The Morgan fingerprint density at radius 1 is 1.32 bits per heavy atom. The normalized spacial score (nSPS) is 10.3. The number of hydrogen-bond donors (Lipinski definition) is 0. The van der Waals surface area contributed by atoms with Gasteiger partial charge in [-0.2, -0.15) is 0 Å². The third-order valence-electron chi connectivity index (χ3n) is 3.10. The Kier molecular flexibility index (Phi) is 4.72. The van der Waals surface area contributed by atoms with E-state index in [-0.39, 0.29) is 22.8 Å². The van der Waals surface area contributed by atoms with E-state index in [4.69, 9.17) is 11.6 Å². The van der Waals surface area contributed by atoms with E-state index in [1.807, 2.05) is 0 Å². The van der Waals surface area contributed by atoms with Crippen molar-refractivity contribution in [3.8, 4) is 0 Å². The van der Waals surface area contributed by atoms with Crippen LogP contribution in [0.15, 0.2) is 42.5 Å². The predicted molar refractivity (Wildman–Crippen MR) is 80.3 cm³/mol. The number of para-hydroxylation sites is 1. The third kappa shape index (κ3) is 3.40. The summed E-state index contributed by atoms with van der Waals surface area (Å²) in [6.07, 6.45) is 0. The van der Waals surface area contributed by atoms with E-state index in [0.29, 0.717) is 5.56 Å². The van der Waals surface area contributed by atoms with Crippen molar-refractivity contribution >= 4 is 23.2 Å². The molecule has 0 aromatic heterocycles. The molecule has 2 aromatic carbocycles. The Labute approximate surface area is 131 Å². The van der Waals surface area contributed by atoms with Crippen LogP contribution in [0.3, 0.4) is 0 Å².